The molecule has 0 N–H and O–H groups in total. The maximum absolute atomic E-state index is 13.3. The molecule has 0 spiro atoms. The van der Waals surface area contributed by atoms with Crippen molar-refractivity contribution in [3.05, 3.63) is 29.6 Å². The number of methoxy groups -OCH3 is 1. The van der Waals surface area contributed by atoms with E-state index in [0.717, 1.165) is 49.8 Å². The van der Waals surface area contributed by atoms with Gasteiger partial charge in [-0.2, -0.15) is 5.26 Å². The predicted molar refractivity (Wildman–Crippen MR) is 78.6 cm³/mol. The number of ether oxygens (including phenoxy) is 2. The van der Waals surface area contributed by atoms with E-state index < -0.39 is 0 Å². The summed E-state index contributed by atoms with van der Waals surface area (Å²) >= 11 is 0. The highest BCUT2D eigenvalue weighted by atomic mass is 19.1. The summed E-state index contributed by atoms with van der Waals surface area (Å²) < 4.78 is 24.3. The van der Waals surface area contributed by atoms with Gasteiger partial charge in [-0.25, -0.2) is 4.39 Å². The van der Waals surface area contributed by atoms with Crippen LogP contribution in [0.2, 0.25) is 0 Å². The van der Waals surface area contributed by atoms with Crippen molar-refractivity contribution in [1.29, 1.82) is 5.26 Å². The Hall–Kier alpha value is -1.60. The Labute approximate surface area is 125 Å². The topological polar surface area (TPSA) is 42.2 Å². The maximum Gasteiger partial charge on any atom is 0.123 e. The van der Waals surface area contributed by atoms with Crippen LogP contribution in [0.15, 0.2) is 18.2 Å². The zero-order valence-corrected chi connectivity index (χ0v) is 12.5. The Morgan fingerprint density at radius 1 is 1.33 bits per heavy atom. The van der Waals surface area contributed by atoms with Crippen LogP contribution in [0.1, 0.15) is 44.1 Å². The summed E-state index contributed by atoms with van der Waals surface area (Å²) in [5, 5.41) is 8.65. The summed E-state index contributed by atoms with van der Waals surface area (Å²) in [6.45, 7) is 0. The van der Waals surface area contributed by atoms with E-state index in [4.69, 9.17) is 14.7 Å². The van der Waals surface area contributed by atoms with Gasteiger partial charge >= 0.3 is 0 Å². The molecular formula is C17H22FNO2. The highest BCUT2D eigenvalue weighted by Gasteiger charge is 2.24. The first-order valence-electron chi connectivity index (χ1n) is 7.57. The lowest BCUT2D eigenvalue weighted by Crippen LogP contribution is -2.10. The van der Waals surface area contributed by atoms with Crippen LogP contribution >= 0.6 is 0 Å². The van der Waals surface area contributed by atoms with E-state index in [9.17, 15) is 4.39 Å². The number of aryl methyl sites for hydroxylation is 1. The lowest BCUT2D eigenvalue weighted by molar-refractivity contribution is 0.0420. The molecule has 0 aliphatic carbocycles. The van der Waals surface area contributed by atoms with Gasteiger partial charge in [-0.05, 0) is 55.9 Å². The SMILES string of the molecule is COc1ccc(F)cc1CCCCC1CCC(CC#N)O1. The second-order valence-corrected chi connectivity index (χ2v) is 5.52. The van der Waals surface area contributed by atoms with Crippen molar-refractivity contribution in [3.8, 4) is 11.8 Å². The van der Waals surface area contributed by atoms with Gasteiger partial charge in [0.2, 0.25) is 0 Å². The molecule has 1 aliphatic rings. The van der Waals surface area contributed by atoms with Crippen LogP contribution in [0.5, 0.6) is 5.75 Å². The van der Waals surface area contributed by atoms with Crippen molar-refractivity contribution in [2.45, 2.75) is 57.2 Å². The smallest absolute Gasteiger partial charge is 0.123 e. The van der Waals surface area contributed by atoms with E-state index in [1.807, 2.05) is 0 Å². The molecule has 2 rings (SSSR count). The van der Waals surface area contributed by atoms with E-state index >= 15 is 0 Å². The van der Waals surface area contributed by atoms with Crippen molar-refractivity contribution >= 4 is 0 Å². The van der Waals surface area contributed by atoms with Crippen molar-refractivity contribution in [3.63, 3.8) is 0 Å². The summed E-state index contributed by atoms with van der Waals surface area (Å²) in [7, 11) is 1.61. The molecule has 0 aromatic heterocycles. The van der Waals surface area contributed by atoms with E-state index in [1.54, 1.807) is 19.2 Å². The van der Waals surface area contributed by atoms with Gasteiger partial charge in [-0.1, -0.05) is 6.42 Å². The minimum absolute atomic E-state index is 0.128. The van der Waals surface area contributed by atoms with Crippen molar-refractivity contribution in [2.24, 2.45) is 0 Å². The van der Waals surface area contributed by atoms with Crippen LogP contribution in [-0.2, 0) is 11.2 Å². The van der Waals surface area contributed by atoms with Crippen LogP contribution in [-0.4, -0.2) is 19.3 Å². The predicted octanol–water partition coefficient (Wildman–Crippen LogP) is 4.01. The van der Waals surface area contributed by atoms with E-state index in [-0.39, 0.29) is 18.0 Å². The lowest BCUT2D eigenvalue weighted by Gasteiger charge is -2.12. The Balaban J connectivity index is 1.71. The highest BCUT2D eigenvalue weighted by Crippen LogP contribution is 2.26. The number of hydrogen-bond donors (Lipinski definition) is 0. The average molecular weight is 291 g/mol. The molecule has 2 atom stereocenters. The summed E-state index contributed by atoms with van der Waals surface area (Å²) in [4.78, 5) is 0. The molecule has 3 nitrogen and oxygen atoms in total. The van der Waals surface area contributed by atoms with Crippen LogP contribution < -0.4 is 4.74 Å². The van der Waals surface area contributed by atoms with Crippen molar-refractivity contribution in [2.75, 3.05) is 7.11 Å². The molecule has 0 radical (unpaired) electrons. The van der Waals surface area contributed by atoms with Crippen molar-refractivity contribution < 1.29 is 13.9 Å². The number of halogens is 1. The van der Waals surface area contributed by atoms with Gasteiger partial charge in [0.1, 0.15) is 11.6 Å². The molecule has 1 aromatic rings. The number of nitrogens with zero attached hydrogens (tertiary/aromatic N) is 1. The Morgan fingerprint density at radius 3 is 2.90 bits per heavy atom. The maximum atomic E-state index is 13.3. The molecule has 1 heterocycles. The van der Waals surface area contributed by atoms with E-state index in [1.165, 1.54) is 6.07 Å². The lowest BCUT2D eigenvalue weighted by atomic mass is 10.0. The third-order valence-electron chi connectivity index (χ3n) is 3.98. The summed E-state index contributed by atoms with van der Waals surface area (Å²) in [5.74, 6) is 0.534. The average Bonchev–Trinajstić information content (AvgIpc) is 2.92. The zero-order chi connectivity index (χ0) is 15.1. The van der Waals surface area contributed by atoms with Crippen LogP contribution in [0.4, 0.5) is 4.39 Å². The molecular weight excluding hydrogens is 269 g/mol. The van der Waals surface area contributed by atoms with Crippen molar-refractivity contribution in [1.82, 2.24) is 0 Å². The first kappa shape index (κ1) is 15.8. The standard InChI is InChI=1S/C17H22FNO2/c1-20-17-9-6-14(18)12-13(17)4-2-3-5-15-7-8-16(21-15)10-11-19/h6,9,12,15-16H,2-5,7-8,10H2,1H3. The Morgan fingerprint density at radius 2 is 2.14 bits per heavy atom. The summed E-state index contributed by atoms with van der Waals surface area (Å²) in [5.41, 5.74) is 0.923. The van der Waals surface area contributed by atoms with Gasteiger partial charge in [0.15, 0.2) is 0 Å². The molecule has 4 heteroatoms. The largest absolute Gasteiger partial charge is 0.496 e. The Bertz CT molecular complexity index is 498. The Kier molecular flexibility index (Phi) is 6.01. The molecule has 1 fully saturated rings. The number of rotatable bonds is 7. The normalized spacial score (nSPS) is 21.2. The molecule has 1 saturated heterocycles. The van der Waals surface area contributed by atoms with Crippen LogP contribution in [0, 0.1) is 17.1 Å². The number of nitriles is 1. The molecule has 0 amide bonds. The second kappa shape index (κ2) is 7.99. The molecule has 1 aromatic carbocycles. The molecule has 2 unspecified atom stereocenters. The zero-order valence-electron chi connectivity index (χ0n) is 12.5. The van der Waals surface area contributed by atoms with Gasteiger partial charge in [0.25, 0.3) is 0 Å². The van der Waals surface area contributed by atoms with Gasteiger partial charge in [0, 0.05) is 0 Å². The number of hydrogen-bond acceptors (Lipinski definition) is 3. The summed E-state index contributed by atoms with van der Waals surface area (Å²) in [6.07, 6.45) is 6.82. The second-order valence-electron chi connectivity index (χ2n) is 5.52. The quantitative estimate of drug-likeness (QED) is 0.713. The third-order valence-corrected chi connectivity index (χ3v) is 3.98. The minimum atomic E-state index is -0.218. The molecule has 21 heavy (non-hydrogen) atoms. The third kappa shape index (κ3) is 4.71. The first-order valence-corrected chi connectivity index (χ1v) is 7.57. The fraction of sp³-hybridized carbons (Fsp3) is 0.588. The van der Waals surface area contributed by atoms with Gasteiger partial charge in [-0.15, -0.1) is 0 Å². The number of benzene rings is 1. The fourth-order valence-corrected chi connectivity index (χ4v) is 2.87. The van der Waals surface area contributed by atoms with E-state index in [0.29, 0.717) is 6.42 Å². The first-order chi connectivity index (χ1) is 10.2. The molecule has 1 aliphatic heterocycles. The number of unbranched alkanes of at least 4 members (excludes halogenated alkanes) is 1. The van der Waals surface area contributed by atoms with Crippen LogP contribution in [0.25, 0.3) is 0 Å². The van der Waals surface area contributed by atoms with Gasteiger partial charge < -0.3 is 9.47 Å². The summed E-state index contributed by atoms with van der Waals surface area (Å²) in [6, 6.07) is 6.81. The molecule has 0 bridgehead atoms. The highest BCUT2D eigenvalue weighted by molar-refractivity contribution is 5.33. The van der Waals surface area contributed by atoms with Gasteiger partial charge in [0.05, 0.1) is 31.8 Å². The van der Waals surface area contributed by atoms with Gasteiger partial charge in [-0.3, -0.25) is 0 Å². The van der Waals surface area contributed by atoms with E-state index in [2.05, 4.69) is 6.07 Å². The molecule has 0 saturated carbocycles. The minimum Gasteiger partial charge on any atom is -0.496 e. The molecule has 114 valence electrons. The monoisotopic (exact) mass is 291 g/mol. The fourth-order valence-electron chi connectivity index (χ4n) is 2.87. The van der Waals surface area contributed by atoms with Crippen LogP contribution in [0.3, 0.4) is 0 Å².